The van der Waals surface area contributed by atoms with Gasteiger partial charge in [-0.05, 0) is 59.7 Å². The van der Waals surface area contributed by atoms with Crippen LogP contribution in [-0.2, 0) is 17.8 Å². The van der Waals surface area contributed by atoms with Gasteiger partial charge < -0.3 is 15.2 Å². The third-order valence-corrected chi connectivity index (χ3v) is 5.75. The van der Waals surface area contributed by atoms with Crippen molar-refractivity contribution < 1.29 is 19.4 Å². The Morgan fingerprint density at radius 3 is 2.68 bits per heavy atom. The van der Waals surface area contributed by atoms with Gasteiger partial charge in [-0.2, -0.15) is 0 Å². The normalized spacial score (nSPS) is 23.1. The summed E-state index contributed by atoms with van der Waals surface area (Å²) in [6, 6.07) is 14.0. The summed E-state index contributed by atoms with van der Waals surface area (Å²) in [7, 11) is 0. The zero-order valence-corrected chi connectivity index (χ0v) is 15.4. The highest BCUT2D eigenvalue weighted by molar-refractivity contribution is 5.80. The maximum Gasteiger partial charge on any atom is 0.313 e. The van der Waals surface area contributed by atoms with Crippen LogP contribution in [0.1, 0.15) is 17.5 Å². The van der Waals surface area contributed by atoms with Crippen LogP contribution in [0.15, 0.2) is 54.7 Å². The highest BCUT2D eigenvalue weighted by Gasteiger charge is 2.49. The van der Waals surface area contributed by atoms with Crippen molar-refractivity contribution in [1.82, 2.24) is 9.88 Å². The summed E-state index contributed by atoms with van der Waals surface area (Å²) in [4.78, 5) is 17.5. The second-order valence-corrected chi connectivity index (χ2v) is 7.68. The minimum absolute atomic E-state index is 0.164. The average molecular weight is 382 g/mol. The van der Waals surface area contributed by atoms with Crippen LogP contribution in [0.2, 0.25) is 0 Å². The topological polar surface area (TPSA) is 76.6 Å². The zero-order chi connectivity index (χ0) is 19.7. The molecule has 0 unspecified atom stereocenters. The Balaban J connectivity index is 1.57. The number of benzene rings is 2. The Hall–Kier alpha value is -2.70. The molecule has 1 aromatic heterocycles. The van der Waals surface area contributed by atoms with Gasteiger partial charge in [-0.15, -0.1) is 0 Å². The number of nitrogens with one attached hydrogen (secondary N) is 1. The first kappa shape index (κ1) is 18.7. The summed E-state index contributed by atoms with van der Waals surface area (Å²) in [6.07, 6.45) is 1.50. The van der Waals surface area contributed by atoms with Crippen LogP contribution in [0.3, 0.4) is 0 Å². The van der Waals surface area contributed by atoms with Crippen LogP contribution in [0.4, 0.5) is 4.39 Å². The van der Waals surface area contributed by atoms with E-state index in [-0.39, 0.29) is 18.8 Å². The molecule has 3 N–H and O–H groups in total. The van der Waals surface area contributed by atoms with Gasteiger partial charge in [0.05, 0.1) is 6.10 Å². The molecule has 0 amide bonds. The van der Waals surface area contributed by atoms with Crippen LogP contribution in [0.25, 0.3) is 10.9 Å². The van der Waals surface area contributed by atoms with Crippen molar-refractivity contribution in [3.05, 3.63) is 71.7 Å². The van der Waals surface area contributed by atoms with Gasteiger partial charge in [0.25, 0.3) is 0 Å². The van der Waals surface area contributed by atoms with E-state index in [9.17, 15) is 19.4 Å². The smallest absolute Gasteiger partial charge is 0.313 e. The number of rotatable bonds is 5. The maximum atomic E-state index is 13.2. The molecule has 2 aromatic carbocycles. The Labute approximate surface area is 162 Å². The number of carboxylic acid groups (broad SMARTS) is 1. The van der Waals surface area contributed by atoms with Crippen molar-refractivity contribution >= 4 is 16.9 Å². The Kier molecular flexibility index (Phi) is 4.91. The van der Waals surface area contributed by atoms with Crippen molar-refractivity contribution in [1.29, 1.82) is 0 Å². The van der Waals surface area contributed by atoms with Gasteiger partial charge in [0, 0.05) is 31.3 Å². The molecule has 0 spiro atoms. The molecule has 0 aliphatic carbocycles. The second-order valence-electron chi connectivity index (χ2n) is 7.68. The molecule has 6 heteroatoms. The van der Waals surface area contributed by atoms with E-state index in [1.54, 1.807) is 12.1 Å². The molecule has 0 bridgehead atoms. The standard InChI is InChI=1S/C22H23FN2O3/c23-18-4-1-15(2-5-18)12-22(21(27)28)14-25(10-8-20(22)26)13-16-3-6-19-17(11-16)7-9-24-19/h1-7,9,11,20,24,26H,8,10,12-14H2,(H,27,28)/t20-,22-/m1/s1. The maximum absolute atomic E-state index is 13.2. The summed E-state index contributed by atoms with van der Waals surface area (Å²) >= 11 is 0. The predicted octanol–water partition coefficient (Wildman–Crippen LogP) is 3.19. The number of piperidine rings is 1. The number of nitrogens with zero attached hydrogens (tertiary/aromatic N) is 1. The lowest BCUT2D eigenvalue weighted by molar-refractivity contribution is -0.163. The van der Waals surface area contributed by atoms with Crippen molar-refractivity contribution in [2.24, 2.45) is 5.41 Å². The van der Waals surface area contributed by atoms with E-state index in [2.05, 4.69) is 16.0 Å². The summed E-state index contributed by atoms with van der Waals surface area (Å²) in [5.74, 6) is -1.38. The molecule has 28 heavy (non-hydrogen) atoms. The number of aliphatic carboxylic acids is 1. The molecule has 0 saturated carbocycles. The van der Waals surface area contributed by atoms with E-state index in [0.29, 0.717) is 25.1 Å². The van der Waals surface area contributed by atoms with Gasteiger partial charge in [-0.25, -0.2) is 4.39 Å². The number of aliphatic hydroxyl groups is 1. The number of fused-ring (bicyclic) bond motifs is 1. The van der Waals surface area contributed by atoms with Crippen molar-refractivity contribution in [3.63, 3.8) is 0 Å². The van der Waals surface area contributed by atoms with Gasteiger partial charge in [-0.3, -0.25) is 9.69 Å². The number of carbonyl (C=O) groups is 1. The largest absolute Gasteiger partial charge is 0.481 e. The van der Waals surface area contributed by atoms with E-state index < -0.39 is 17.5 Å². The van der Waals surface area contributed by atoms with Gasteiger partial charge in [0.1, 0.15) is 11.2 Å². The monoisotopic (exact) mass is 382 g/mol. The molecule has 2 atom stereocenters. The number of halogens is 1. The SMILES string of the molecule is O=C(O)[C@]1(Cc2ccc(F)cc2)CN(Cc2ccc3[nH]ccc3c2)CC[C@H]1O. The Morgan fingerprint density at radius 1 is 1.18 bits per heavy atom. The first-order chi connectivity index (χ1) is 13.5. The zero-order valence-electron chi connectivity index (χ0n) is 15.4. The van der Waals surface area contributed by atoms with Crippen LogP contribution in [-0.4, -0.2) is 45.3 Å². The summed E-state index contributed by atoms with van der Waals surface area (Å²) < 4.78 is 13.2. The van der Waals surface area contributed by atoms with E-state index in [1.165, 1.54) is 12.1 Å². The summed E-state index contributed by atoms with van der Waals surface area (Å²) in [5.41, 5.74) is 1.56. The molecule has 1 fully saturated rings. The molecular formula is C22H23FN2O3. The molecule has 3 aromatic rings. The van der Waals surface area contributed by atoms with Gasteiger partial charge in [-0.1, -0.05) is 18.2 Å². The number of aromatic nitrogens is 1. The third kappa shape index (κ3) is 3.53. The van der Waals surface area contributed by atoms with Crippen LogP contribution in [0.5, 0.6) is 0 Å². The minimum Gasteiger partial charge on any atom is -0.481 e. The lowest BCUT2D eigenvalue weighted by Gasteiger charge is -2.43. The molecule has 4 rings (SSSR count). The Morgan fingerprint density at radius 2 is 1.93 bits per heavy atom. The fourth-order valence-electron chi connectivity index (χ4n) is 4.18. The van der Waals surface area contributed by atoms with E-state index in [1.807, 2.05) is 24.4 Å². The number of likely N-dealkylation sites (tertiary alicyclic amines) is 1. The molecule has 1 aliphatic heterocycles. The van der Waals surface area contributed by atoms with Crippen molar-refractivity contribution in [3.8, 4) is 0 Å². The first-order valence-electron chi connectivity index (χ1n) is 9.40. The quantitative estimate of drug-likeness (QED) is 0.633. The fraction of sp³-hybridized carbons (Fsp3) is 0.318. The van der Waals surface area contributed by atoms with Crippen molar-refractivity contribution in [2.45, 2.75) is 25.5 Å². The van der Waals surface area contributed by atoms with Gasteiger partial charge in [0.2, 0.25) is 0 Å². The van der Waals surface area contributed by atoms with Crippen molar-refractivity contribution in [2.75, 3.05) is 13.1 Å². The molecule has 1 aliphatic rings. The number of hydrogen-bond acceptors (Lipinski definition) is 3. The van der Waals surface area contributed by atoms with Crippen LogP contribution in [0, 0.1) is 11.2 Å². The molecule has 5 nitrogen and oxygen atoms in total. The average Bonchev–Trinajstić information content (AvgIpc) is 3.14. The number of carboxylic acids is 1. The molecule has 1 saturated heterocycles. The Bertz CT molecular complexity index is 985. The summed E-state index contributed by atoms with van der Waals surface area (Å²) in [5, 5.41) is 21.7. The lowest BCUT2D eigenvalue weighted by Crippen LogP contribution is -2.56. The first-order valence-corrected chi connectivity index (χ1v) is 9.40. The highest BCUT2D eigenvalue weighted by Crippen LogP contribution is 2.35. The molecule has 0 radical (unpaired) electrons. The summed E-state index contributed by atoms with van der Waals surface area (Å²) in [6.45, 7) is 1.49. The van der Waals surface area contributed by atoms with Gasteiger partial charge in [0.15, 0.2) is 0 Å². The van der Waals surface area contributed by atoms with E-state index >= 15 is 0 Å². The van der Waals surface area contributed by atoms with E-state index in [4.69, 9.17) is 0 Å². The number of hydrogen-bond donors (Lipinski definition) is 3. The highest BCUT2D eigenvalue weighted by atomic mass is 19.1. The number of aliphatic hydroxyl groups excluding tert-OH is 1. The number of H-pyrrole nitrogens is 1. The van der Waals surface area contributed by atoms with Crippen LogP contribution < -0.4 is 0 Å². The number of aromatic amines is 1. The fourth-order valence-corrected chi connectivity index (χ4v) is 4.18. The second kappa shape index (κ2) is 7.37. The minimum atomic E-state index is -1.31. The predicted molar refractivity (Wildman–Crippen MR) is 104 cm³/mol. The van der Waals surface area contributed by atoms with Crippen LogP contribution >= 0.6 is 0 Å². The third-order valence-electron chi connectivity index (χ3n) is 5.75. The molecule has 2 heterocycles. The lowest BCUT2D eigenvalue weighted by atomic mass is 9.72. The molecular weight excluding hydrogens is 359 g/mol. The van der Waals surface area contributed by atoms with Gasteiger partial charge >= 0.3 is 5.97 Å². The van der Waals surface area contributed by atoms with E-state index in [0.717, 1.165) is 16.5 Å². The molecule has 146 valence electrons.